The van der Waals surface area contributed by atoms with E-state index in [-0.39, 0.29) is 47.8 Å². The van der Waals surface area contributed by atoms with Crippen LogP contribution < -0.4 is 5.32 Å². The molecule has 0 radical (unpaired) electrons. The quantitative estimate of drug-likeness (QED) is 0.256. The molecule has 140 valence electrons. The van der Waals surface area contributed by atoms with Crippen LogP contribution in [-0.2, 0) is 19.1 Å². The van der Waals surface area contributed by atoms with Gasteiger partial charge in [-0.1, -0.05) is 71.1 Å². The van der Waals surface area contributed by atoms with E-state index in [1.165, 1.54) is 57.8 Å². The van der Waals surface area contributed by atoms with E-state index in [2.05, 4.69) is 16.4 Å². The summed E-state index contributed by atoms with van der Waals surface area (Å²) in [5.74, 6) is -0.250. The van der Waals surface area contributed by atoms with Gasteiger partial charge in [0.25, 0.3) is 10.1 Å². The third kappa shape index (κ3) is 18.7. The summed E-state index contributed by atoms with van der Waals surface area (Å²) >= 11 is 0. The number of nitrogens with one attached hydrogen (secondary N) is 1. The summed E-state index contributed by atoms with van der Waals surface area (Å²) < 4.78 is 26.4. The fraction of sp³-hybridized carbons (Fsp3) is 0.941. The van der Waals surface area contributed by atoms with Crippen LogP contribution in [0.4, 0.5) is 0 Å². The Hall–Kier alpha value is 0.380. The molecule has 0 rings (SSSR count). The maximum atomic E-state index is 11.5. The number of hydrogen-bond donors (Lipinski definition) is 1. The van der Waals surface area contributed by atoms with Crippen molar-refractivity contribution in [2.75, 3.05) is 19.4 Å². The van der Waals surface area contributed by atoms with Gasteiger partial charge in [0.05, 0.1) is 12.9 Å². The molecule has 7 heteroatoms. The average Bonchev–Trinajstić information content (AvgIpc) is 2.52. The van der Waals surface area contributed by atoms with Crippen LogP contribution in [0.3, 0.4) is 0 Å². The average molecular weight is 374 g/mol. The van der Waals surface area contributed by atoms with Crippen molar-refractivity contribution in [2.45, 2.75) is 84.0 Å². The molecule has 0 bridgehead atoms. The second kappa shape index (κ2) is 18.2. The molecule has 0 spiro atoms. The number of rotatable bonds is 16. The van der Waals surface area contributed by atoms with Crippen LogP contribution >= 0.6 is 0 Å². The van der Waals surface area contributed by atoms with Crippen LogP contribution in [0.5, 0.6) is 0 Å². The Morgan fingerprint density at radius 1 is 0.875 bits per heavy atom. The van der Waals surface area contributed by atoms with Gasteiger partial charge in [-0.2, -0.15) is 8.42 Å². The van der Waals surface area contributed by atoms with Crippen molar-refractivity contribution < 1.29 is 17.4 Å². The van der Waals surface area contributed by atoms with E-state index in [0.29, 0.717) is 6.42 Å². The van der Waals surface area contributed by atoms with Gasteiger partial charge in [-0.15, -0.1) is 0 Å². The first-order valence-electron chi connectivity index (χ1n) is 9.07. The van der Waals surface area contributed by atoms with Crippen molar-refractivity contribution in [3.05, 3.63) is 0 Å². The minimum absolute atomic E-state index is 0. The third-order valence-corrected chi connectivity index (χ3v) is 5.15. The van der Waals surface area contributed by atoms with Crippen molar-refractivity contribution in [3.63, 3.8) is 0 Å². The Labute approximate surface area is 171 Å². The summed E-state index contributed by atoms with van der Waals surface area (Å²) in [4.78, 5) is 11.5. The summed E-state index contributed by atoms with van der Waals surface area (Å²) in [5, 5.41) is 2.61. The number of hydrogen-bond acceptors (Lipinski definition) is 4. The molecule has 5 nitrogen and oxygen atoms in total. The summed E-state index contributed by atoms with van der Waals surface area (Å²) in [5.41, 5.74) is 0. The number of unbranched alkanes of at least 4 members (excludes halogenated alkanes) is 10. The third-order valence-electron chi connectivity index (χ3n) is 3.94. The molecule has 0 aromatic carbocycles. The molecule has 0 saturated heterocycles. The van der Waals surface area contributed by atoms with Gasteiger partial charge >= 0.3 is 29.6 Å². The van der Waals surface area contributed by atoms with Gasteiger partial charge in [0, 0.05) is 13.0 Å². The van der Waals surface area contributed by atoms with E-state index in [4.69, 9.17) is 0 Å². The first-order chi connectivity index (χ1) is 11.0. The van der Waals surface area contributed by atoms with E-state index >= 15 is 0 Å². The van der Waals surface area contributed by atoms with E-state index in [1.54, 1.807) is 0 Å². The molecular formula is C17H36NNaO4S. The summed E-state index contributed by atoms with van der Waals surface area (Å²) in [7, 11) is -2.35. The van der Waals surface area contributed by atoms with Gasteiger partial charge < -0.3 is 5.32 Å². The van der Waals surface area contributed by atoms with Gasteiger partial charge in [-0.3, -0.25) is 8.98 Å². The molecule has 0 unspecified atom stereocenters. The Morgan fingerprint density at radius 2 is 1.33 bits per heavy atom. The topological polar surface area (TPSA) is 72.5 Å². The molecule has 0 fully saturated rings. The van der Waals surface area contributed by atoms with Crippen molar-refractivity contribution in [2.24, 2.45) is 0 Å². The fourth-order valence-corrected chi connectivity index (χ4v) is 2.96. The monoisotopic (exact) mass is 373 g/mol. The van der Waals surface area contributed by atoms with Crippen LogP contribution in [0, 0.1) is 0 Å². The summed E-state index contributed by atoms with van der Waals surface area (Å²) in [6.45, 7) is 2.36. The molecule has 0 saturated carbocycles. The zero-order valence-electron chi connectivity index (χ0n) is 14.9. The molecule has 0 aliphatic rings. The second-order valence-electron chi connectivity index (χ2n) is 6.06. The first kappa shape index (κ1) is 26.6. The van der Waals surface area contributed by atoms with E-state index in [1.807, 2.05) is 0 Å². The van der Waals surface area contributed by atoms with Gasteiger partial charge in [-0.05, 0) is 6.42 Å². The molecule has 0 aliphatic carbocycles. The normalized spacial score (nSPS) is 11.1. The van der Waals surface area contributed by atoms with Crippen molar-refractivity contribution in [1.82, 2.24) is 5.32 Å². The van der Waals surface area contributed by atoms with Crippen molar-refractivity contribution in [3.8, 4) is 0 Å². The van der Waals surface area contributed by atoms with Gasteiger partial charge in [-0.25, -0.2) is 0 Å². The molecular weight excluding hydrogens is 337 g/mol. The SMILES string of the molecule is CCCCCCCCCCCCCC(=O)NCCS(=O)(=O)OC.[NaH]. The van der Waals surface area contributed by atoms with E-state index < -0.39 is 10.1 Å². The van der Waals surface area contributed by atoms with Gasteiger partial charge in [0.15, 0.2) is 0 Å². The number of carbonyl (C=O) groups is 1. The Morgan fingerprint density at radius 3 is 1.79 bits per heavy atom. The van der Waals surface area contributed by atoms with Crippen LogP contribution in [0.15, 0.2) is 0 Å². The Kier molecular flexibility index (Phi) is 20.2. The maximum absolute atomic E-state index is 11.5. The van der Waals surface area contributed by atoms with Crippen LogP contribution in [0.2, 0.25) is 0 Å². The van der Waals surface area contributed by atoms with Gasteiger partial charge in [0.1, 0.15) is 0 Å². The second-order valence-corrected chi connectivity index (χ2v) is 7.92. The standard InChI is InChI=1S/C17H35NO4S.Na.H/c1-3-4-5-6-7-8-9-10-11-12-13-14-17(19)18-15-16-23(20,21)22-2;;/h3-16H2,1-2H3,(H,18,19);;. The van der Waals surface area contributed by atoms with Gasteiger partial charge in [0.2, 0.25) is 5.91 Å². The Bertz CT molecular complexity index is 388. The van der Waals surface area contributed by atoms with Crippen LogP contribution in [0.25, 0.3) is 0 Å². The molecule has 24 heavy (non-hydrogen) atoms. The van der Waals surface area contributed by atoms with E-state index in [9.17, 15) is 13.2 Å². The zero-order chi connectivity index (χ0) is 17.4. The van der Waals surface area contributed by atoms with Crippen molar-refractivity contribution >= 4 is 45.6 Å². The number of amides is 1. The summed E-state index contributed by atoms with van der Waals surface area (Å²) in [6, 6.07) is 0. The van der Waals surface area contributed by atoms with Crippen molar-refractivity contribution in [1.29, 1.82) is 0 Å². The van der Waals surface area contributed by atoms with Crippen LogP contribution in [-0.4, -0.2) is 63.3 Å². The molecule has 0 aromatic rings. The molecule has 1 N–H and O–H groups in total. The molecule has 1 amide bonds. The molecule has 0 aliphatic heterocycles. The minimum atomic E-state index is -3.48. The molecule has 0 atom stereocenters. The van der Waals surface area contributed by atoms with E-state index in [0.717, 1.165) is 20.0 Å². The Balaban J connectivity index is 0. The van der Waals surface area contributed by atoms with Crippen LogP contribution in [0.1, 0.15) is 84.0 Å². The zero-order valence-corrected chi connectivity index (χ0v) is 15.8. The predicted octanol–water partition coefficient (Wildman–Crippen LogP) is 3.13. The predicted molar refractivity (Wildman–Crippen MR) is 102 cm³/mol. The molecule has 0 aromatic heterocycles. The fourth-order valence-electron chi connectivity index (χ4n) is 2.44. The molecule has 0 heterocycles. The first-order valence-corrected chi connectivity index (χ1v) is 10.6. The number of carbonyl (C=O) groups excluding carboxylic acids is 1. The summed E-state index contributed by atoms with van der Waals surface area (Å²) in [6.07, 6.45) is 14.2.